The number of rotatable bonds is 5. The predicted molar refractivity (Wildman–Crippen MR) is 119 cm³/mol. The van der Waals surface area contributed by atoms with E-state index in [1.165, 1.54) is 31.3 Å². The van der Waals surface area contributed by atoms with Gasteiger partial charge in [0.15, 0.2) is 5.78 Å². The van der Waals surface area contributed by atoms with Crippen LogP contribution in [0, 0.1) is 57.7 Å². The molecule has 30 heavy (non-hydrogen) atoms. The van der Waals surface area contributed by atoms with Crippen LogP contribution in [0.2, 0.25) is 0 Å². The average Bonchev–Trinajstić information content (AvgIpc) is 3.07. The molecule has 0 aliphatic heterocycles. The van der Waals surface area contributed by atoms with Crippen LogP contribution in [0.5, 0.6) is 0 Å². The summed E-state index contributed by atoms with van der Waals surface area (Å²) < 4.78 is 0. The Hall–Kier alpha value is -1.14. The zero-order valence-corrected chi connectivity index (χ0v) is 19.5. The summed E-state index contributed by atoms with van der Waals surface area (Å²) in [5, 5.41) is 20.6. The van der Waals surface area contributed by atoms with Gasteiger partial charge in [0.2, 0.25) is 0 Å². The van der Waals surface area contributed by atoms with E-state index >= 15 is 0 Å². The molecule has 1 unspecified atom stereocenters. The summed E-state index contributed by atoms with van der Waals surface area (Å²) in [6.45, 7) is 9.53. The third-order valence-corrected chi connectivity index (χ3v) is 10.4. The zero-order chi connectivity index (χ0) is 21.7. The number of aliphatic hydroxyl groups is 1. The molecular weight excluding hydrogens is 370 g/mol. The number of nitrogens with zero attached hydrogens (tertiary/aromatic N) is 1. The van der Waals surface area contributed by atoms with E-state index in [0.717, 1.165) is 25.7 Å². The van der Waals surface area contributed by atoms with Gasteiger partial charge < -0.3 is 5.11 Å². The molecule has 3 fully saturated rings. The number of ketones is 1. The Bertz CT molecular complexity index is 750. The number of carbonyl (C=O) groups excluding carboxylic acids is 1. The highest BCUT2D eigenvalue weighted by Crippen LogP contribution is 2.68. The third-order valence-electron chi connectivity index (χ3n) is 10.4. The van der Waals surface area contributed by atoms with E-state index in [1.54, 1.807) is 0 Å². The Balaban J connectivity index is 1.64. The molecule has 4 aliphatic rings. The van der Waals surface area contributed by atoms with Crippen LogP contribution in [0.15, 0.2) is 11.6 Å². The zero-order valence-electron chi connectivity index (χ0n) is 19.5. The molecule has 0 aromatic carbocycles. The number of hydrogen-bond donors (Lipinski definition) is 1. The van der Waals surface area contributed by atoms with E-state index in [-0.39, 0.29) is 23.2 Å². The number of hydrogen-bond acceptors (Lipinski definition) is 3. The average molecular weight is 412 g/mol. The van der Waals surface area contributed by atoms with Gasteiger partial charge in [-0.15, -0.1) is 0 Å². The lowest BCUT2D eigenvalue weighted by Crippen LogP contribution is -2.58. The number of carbonyl (C=O) groups is 1. The van der Waals surface area contributed by atoms with Crippen molar-refractivity contribution in [3.63, 3.8) is 0 Å². The van der Waals surface area contributed by atoms with Crippen molar-refractivity contribution >= 4 is 5.78 Å². The first-order valence-electron chi connectivity index (χ1n) is 12.6. The van der Waals surface area contributed by atoms with Crippen molar-refractivity contribution in [1.29, 1.82) is 5.26 Å². The number of fused-ring (bicyclic) bond motifs is 5. The van der Waals surface area contributed by atoms with E-state index in [0.29, 0.717) is 47.8 Å². The lowest BCUT2D eigenvalue weighted by molar-refractivity contribution is -0.136. The molecule has 0 aromatic heterocycles. The normalized spacial score (nSPS) is 46.3. The van der Waals surface area contributed by atoms with Crippen molar-refractivity contribution in [2.75, 3.05) is 0 Å². The summed E-state index contributed by atoms with van der Waals surface area (Å²) in [4.78, 5) is 12.3. The fraction of sp³-hybridized carbons (Fsp3) is 0.852. The van der Waals surface area contributed by atoms with Crippen molar-refractivity contribution in [2.24, 2.45) is 46.3 Å². The maximum Gasteiger partial charge on any atom is 0.155 e. The van der Waals surface area contributed by atoms with E-state index in [1.807, 2.05) is 6.08 Å². The van der Waals surface area contributed by atoms with Crippen LogP contribution in [0.25, 0.3) is 0 Å². The molecule has 0 radical (unpaired) electrons. The number of aliphatic hydroxyl groups excluding tert-OH is 1. The Morgan fingerprint density at radius 2 is 2.00 bits per heavy atom. The van der Waals surface area contributed by atoms with Gasteiger partial charge in [-0.25, -0.2) is 0 Å². The SMILES string of the molecule is CC[C@H]1C2=CC(=O)CC[C@]2(C)[C@H]2CC[C@]3(C)[C@@H](C(C)CCCC#N)CC[C@H]3[C@@H]2[C@@H]1O. The van der Waals surface area contributed by atoms with Crippen molar-refractivity contribution < 1.29 is 9.90 Å². The predicted octanol–water partition coefficient (Wildman–Crippen LogP) is 6.07. The van der Waals surface area contributed by atoms with Crippen molar-refractivity contribution in [3.8, 4) is 6.07 Å². The fourth-order valence-corrected chi connectivity index (χ4v) is 8.88. The molecule has 1 N–H and O–H groups in total. The quantitative estimate of drug-likeness (QED) is 0.558. The molecule has 0 heterocycles. The summed E-state index contributed by atoms with van der Waals surface area (Å²) >= 11 is 0. The summed E-state index contributed by atoms with van der Waals surface area (Å²) in [7, 11) is 0. The van der Waals surface area contributed by atoms with E-state index in [4.69, 9.17) is 5.26 Å². The highest BCUT2D eigenvalue weighted by molar-refractivity contribution is 5.91. The second-order valence-electron chi connectivity index (χ2n) is 11.5. The lowest BCUT2D eigenvalue weighted by atomic mass is 9.43. The van der Waals surface area contributed by atoms with E-state index in [2.05, 4.69) is 33.8 Å². The molecule has 0 saturated heterocycles. The second-order valence-corrected chi connectivity index (χ2v) is 11.5. The molecule has 0 amide bonds. The number of nitriles is 1. The summed E-state index contributed by atoms with van der Waals surface area (Å²) in [6, 6.07) is 2.31. The molecule has 4 aliphatic carbocycles. The largest absolute Gasteiger partial charge is 0.392 e. The van der Waals surface area contributed by atoms with Crippen LogP contribution in [0.4, 0.5) is 0 Å². The Kier molecular flexibility index (Phi) is 5.95. The van der Waals surface area contributed by atoms with Gasteiger partial charge in [0.1, 0.15) is 0 Å². The van der Waals surface area contributed by atoms with Crippen LogP contribution in [0.3, 0.4) is 0 Å². The lowest BCUT2D eigenvalue weighted by Gasteiger charge is -2.62. The fourth-order valence-electron chi connectivity index (χ4n) is 8.88. The minimum atomic E-state index is -0.303. The maximum atomic E-state index is 12.3. The second kappa shape index (κ2) is 8.09. The van der Waals surface area contributed by atoms with Crippen LogP contribution in [0.1, 0.15) is 91.9 Å². The van der Waals surface area contributed by atoms with Crippen LogP contribution in [-0.2, 0) is 4.79 Å². The number of unbranched alkanes of at least 4 members (excludes halogenated alkanes) is 1. The molecule has 0 spiro atoms. The molecular formula is C27H41NO2. The van der Waals surface area contributed by atoms with Crippen molar-refractivity contribution in [2.45, 2.75) is 98.0 Å². The van der Waals surface area contributed by atoms with Crippen molar-refractivity contribution in [1.82, 2.24) is 0 Å². The molecule has 3 saturated carbocycles. The van der Waals surface area contributed by atoms with Crippen LogP contribution in [-0.4, -0.2) is 17.0 Å². The van der Waals surface area contributed by atoms with Crippen LogP contribution >= 0.6 is 0 Å². The van der Waals surface area contributed by atoms with E-state index in [9.17, 15) is 9.90 Å². The monoisotopic (exact) mass is 411 g/mol. The van der Waals surface area contributed by atoms with Gasteiger partial charge in [-0.05, 0) is 97.9 Å². The van der Waals surface area contributed by atoms with Gasteiger partial charge in [-0.1, -0.05) is 33.3 Å². The summed E-state index contributed by atoms with van der Waals surface area (Å²) in [5.74, 6) is 3.27. The molecule has 4 rings (SSSR count). The first kappa shape index (κ1) is 22.1. The summed E-state index contributed by atoms with van der Waals surface area (Å²) in [5.41, 5.74) is 1.68. The van der Waals surface area contributed by atoms with Gasteiger partial charge in [-0.2, -0.15) is 5.26 Å². The molecule has 3 heteroatoms. The minimum Gasteiger partial charge on any atom is -0.392 e. The standard InChI is InChI=1S/C27H41NO2/c1-5-19-23-16-18(29)11-13-27(23,4)22-12-14-26(3)20(17(2)8-6-7-15-28)9-10-21(26)24(22)25(19)30/h16-17,19-22,24-25,30H,5-14H2,1-4H3/t17?,19-,20+,21-,22-,24-,25+,26+,27+/m0/s1. The Morgan fingerprint density at radius 3 is 2.70 bits per heavy atom. The first-order valence-corrected chi connectivity index (χ1v) is 12.6. The van der Waals surface area contributed by atoms with Gasteiger partial charge in [0.25, 0.3) is 0 Å². The van der Waals surface area contributed by atoms with Gasteiger partial charge in [0, 0.05) is 18.8 Å². The minimum absolute atomic E-state index is 0.0936. The van der Waals surface area contributed by atoms with Gasteiger partial charge >= 0.3 is 0 Å². The van der Waals surface area contributed by atoms with Gasteiger partial charge in [0.05, 0.1) is 12.2 Å². The highest BCUT2D eigenvalue weighted by atomic mass is 16.3. The van der Waals surface area contributed by atoms with Crippen molar-refractivity contribution in [3.05, 3.63) is 11.6 Å². The maximum absolute atomic E-state index is 12.3. The Labute approximate surface area is 183 Å². The molecule has 9 atom stereocenters. The molecule has 0 bridgehead atoms. The topological polar surface area (TPSA) is 61.1 Å². The third kappa shape index (κ3) is 3.21. The van der Waals surface area contributed by atoms with Crippen LogP contribution < -0.4 is 0 Å². The molecule has 3 nitrogen and oxygen atoms in total. The smallest absolute Gasteiger partial charge is 0.155 e. The van der Waals surface area contributed by atoms with Gasteiger partial charge in [-0.3, -0.25) is 4.79 Å². The highest BCUT2D eigenvalue weighted by Gasteiger charge is 2.63. The Morgan fingerprint density at radius 1 is 1.23 bits per heavy atom. The summed E-state index contributed by atoms with van der Waals surface area (Å²) in [6.07, 6.45) is 12.0. The molecule has 166 valence electrons. The molecule has 0 aromatic rings. The first-order chi connectivity index (χ1) is 14.3. The van der Waals surface area contributed by atoms with E-state index < -0.39 is 0 Å².